The number of ether oxygens (including phenoxy) is 2. The molecule has 1 atom stereocenters. The van der Waals surface area contributed by atoms with Crippen molar-refractivity contribution >= 4 is 5.91 Å². The van der Waals surface area contributed by atoms with Crippen molar-refractivity contribution in [1.82, 2.24) is 14.7 Å². The number of nitrogens with zero attached hydrogens (tertiary/aromatic N) is 3. The smallest absolute Gasteiger partial charge is 0.229 e. The lowest BCUT2D eigenvalue weighted by atomic mass is 9.95. The van der Waals surface area contributed by atoms with E-state index in [9.17, 15) is 4.79 Å². The highest BCUT2D eigenvalue weighted by Gasteiger charge is 2.29. The average Bonchev–Trinajstić information content (AvgIpc) is 3.13. The van der Waals surface area contributed by atoms with Gasteiger partial charge in [-0.05, 0) is 30.5 Å². The van der Waals surface area contributed by atoms with Crippen molar-refractivity contribution in [3.8, 4) is 11.5 Å². The van der Waals surface area contributed by atoms with E-state index in [2.05, 4.69) is 5.10 Å². The maximum absolute atomic E-state index is 12.6. The van der Waals surface area contributed by atoms with Gasteiger partial charge in [-0.25, -0.2) is 0 Å². The predicted octanol–water partition coefficient (Wildman–Crippen LogP) is 1.99. The normalized spacial score (nSPS) is 16.2. The van der Waals surface area contributed by atoms with Crippen LogP contribution in [-0.2, 0) is 17.8 Å². The number of para-hydroxylation sites is 1. The van der Waals surface area contributed by atoms with Gasteiger partial charge in [-0.3, -0.25) is 9.48 Å². The highest BCUT2D eigenvalue weighted by Crippen LogP contribution is 2.36. The third-order valence-corrected chi connectivity index (χ3v) is 4.34. The molecular weight excluding hydrogens is 306 g/mol. The largest absolute Gasteiger partial charge is 0.493 e. The zero-order valence-electron chi connectivity index (χ0n) is 14.1. The van der Waals surface area contributed by atoms with E-state index in [4.69, 9.17) is 9.47 Å². The summed E-state index contributed by atoms with van der Waals surface area (Å²) in [5.41, 5.74) is 1.03. The number of rotatable bonds is 6. The number of amides is 1. The molecule has 128 valence electrons. The molecule has 6 heteroatoms. The van der Waals surface area contributed by atoms with Crippen LogP contribution in [-0.4, -0.2) is 47.9 Å². The first kappa shape index (κ1) is 16.4. The van der Waals surface area contributed by atoms with Crippen LogP contribution in [0, 0.1) is 5.92 Å². The predicted molar refractivity (Wildman–Crippen MR) is 90.2 cm³/mol. The number of hydrogen-bond acceptors (Lipinski definition) is 4. The number of methoxy groups -OCH3 is 1. The number of carbonyl (C=O) groups is 1. The maximum atomic E-state index is 12.6. The van der Waals surface area contributed by atoms with Gasteiger partial charge in [-0.15, -0.1) is 0 Å². The second-order valence-corrected chi connectivity index (χ2v) is 6.04. The van der Waals surface area contributed by atoms with Gasteiger partial charge >= 0.3 is 0 Å². The molecule has 2 heterocycles. The van der Waals surface area contributed by atoms with Crippen molar-refractivity contribution in [3.05, 3.63) is 42.2 Å². The first-order valence-electron chi connectivity index (χ1n) is 8.20. The zero-order valence-corrected chi connectivity index (χ0v) is 14.1. The number of aromatic nitrogens is 2. The van der Waals surface area contributed by atoms with Gasteiger partial charge in [0, 0.05) is 32.5 Å². The minimum atomic E-state index is -0.140. The van der Waals surface area contributed by atoms with E-state index >= 15 is 0 Å². The van der Waals surface area contributed by atoms with Crippen LogP contribution < -0.4 is 9.47 Å². The summed E-state index contributed by atoms with van der Waals surface area (Å²) in [7, 11) is 3.48. The van der Waals surface area contributed by atoms with Crippen LogP contribution in [0.5, 0.6) is 11.5 Å². The van der Waals surface area contributed by atoms with Crippen molar-refractivity contribution in [2.24, 2.45) is 5.92 Å². The molecule has 1 aromatic heterocycles. The molecule has 1 aromatic carbocycles. The van der Waals surface area contributed by atoms with Crippen molar-refractivity contribution in [2.45, 2.75) is 19.4 Å². The minimum absolute atomic E-state index is 0.129. The molecule has 1 aliphatic rings. The molecule has 0 fully saturated rings. The number of fused-ring (bicyclic) bond motifs is 1. The molecule has 0 unspecified atom stereocenters. The Morgan fingerprint density at radius 1 is 1.46 bits per heavy atom. The van der Waals surface area contributed by atoms with Crippen molar-refractivity contribution in [3.63, 3.8) is 0 Å². The van der Waals surface area contributed by atoms with E-state index in [1.807, 2.05) is 42.2 Å². The molecule has 0 bridgehead atoms. The van der Waals surface area contributed by atoms with E-state index in [0.717, 1.165) is 30.0 Å². The summed E-state index contributed by atoms with van der Waals surface area (Å²) in [6.45, 7) is 1.92. The molecule has 6 nitrogen and oxygen atoms in total. The van der Waals surface area contributed by atoms with Crippen molar-refractivity contribution in [2.75, 3.05) is 27.3 Å². The third-order valence-electron chi connectivity index (χ3n) is 4.34. The van der Waals surface area contributed by atoms with Crippen LogP contribution in [0.4, 0.5) is 0 Å². The average molecular weight is 329 g/mol. The van der Waals surface area contributed by atoms with Gasteiger partial charge in [-0.2, -0.15) is 5.10 Å². The summed E-state index contributed by atoms with van der Waals surface area (Å²) in [4.78, 5) is 14.4. The van der Waals surface area contributed by atoms with E-state index in [0.29, 0.717) is 19.6 Å². The molecule has 1 aliphatic heterocycles. The fourth-order valence-corrected chi connectivity index (χ4v) is 3.04. The lowest BCUT2D eigenvalue weighted by Crippen LogP contribution is -2.39. The van der Waals surface area contributed by atoms with Crippen LogP contribution in [0.2, 0.25) is 0 Å². The lowest BCUT2D eigenvalue weighted by Gasteiger charge is -2.29. The zero-order chi connectivity index (χ0) is 16.9. The van der Waals surface area contributed by atoms with Gasteiger partial charge in [0.1, 0.15) is 6.61 Å². The Labute approximate surface area is 142 Å². The third kappa shape index (κ3) is 3.53. The fourth-order valence-electron chi connectivity index (χ4n) is 3.04. The highest BCUT2D eigenvalue weighted by atomic mass is 16.5. The van der Waals surface area contributed by atoms with Gasteiger partial charge in [-0.1, -0.05) is 12.1 Å². The molecule has 24 heavy (non-hydrogen) atoms. The molecule has 0 spiro atoms. The van der Waals surface area contributed by atoms with Crippen LogP contribution >= 0.6 is 0 Å². The number of hydrogen-bond donors (Lipinski definition) is 0. The summed E-state index contributed by atoms with van der Waals surface area (Å²) in [6, 6.07) is 7.71. The van der Waals surface area contributed by atoms with Crippen molar-refractivity contribution in [1.29, 1.82) is 0 Å². The van der Waals surface area contributed by atoms with E-state index in [1.165, 1.54) is 0 Å². The molecule has 0 N–H and O–H groups in total. The summed E-state index contributed by atoms with van der Waals surface area (Å²) in [6.07, 6.45) is 5.26. The summed E-state index contributed by atoms with van der Waals surface area (Å²) >= 11 is 0. The minimum Gasteiger partial charge on any atom is -0.493 e. The fraction of sp³-hybridized carbons (Fsp3) is 0.444. The van der Waals surface area contributed by atoms with Crippen LogP contribution in [0.1, 0.15) is 12.0 Å². The SMILES string of the molecule is COc1cccc2c1OC[C@@H](C(=O)N(C)CCCn1cccn1)C2. The highest BCUT2D eigenvalue weighted by molar-refractivity contribution is 5.79. The van der Waals surface area contributed by atoms with Crippen LogP contribution in [0.3, 0.4) is 0 Å². The molecule has 1 amide bonds. The standard InChI is InChI=1S/C18H23N3O3/c1-20(9-5-11-21-10-4-8-19-21)18(22)15-12-14-6-3-7-16(23-2)17(14)24-13-15/h3-4,6-8,10,15H,5,9,11-13H2,1-2H3/t15-/m0/s1. The van der Waals surface area contributed by atoms with Crippen molar-refractivity contribution < 1.29 is 14.3 Å². The van der Waals surface area contributed by atoms with E-state index in [1.54, 1.807) is 18.2 Å². The molecular formula is C18H23N3O3. The summed E-state index contributed by atoms with van der Waals surface area (Å²) in [5, 5.41) is 4.17. The van der Waals surface area contributed by atoms with Gasteiger partial charge in [0.15, 0.2) is 11.5 Å². The Kier molecular flexibility index (Phi) is 5.03. The number of aryl methyl sites for hydroxylation is 1. The molecule has 0 saturated carbocycles. The molecule has 2 aromatic rings. The number of carbonyl (C=O) groups excluding carboxylic acids is 1. The summed E-state index contributed by atoms with van der Waals surface area (Å²) < 4.78 is 13.0. The summed E-state index contributed by atoms with van der Waals surface area (Å²) in [5.74, 6) is 1.49. The van der Waals surface area contributed by atoms with Gasteiger partial charge in [0.25, 0.3) is 0 Å². The first-order chi connectivity index (χ1) is 11.7. The second-order valence-electron chi connectivity index (χ2n) is 6.04. The Hall–Kier alpha value is -2.50. The van der Waals surface area contributed by atoms with Gasteiger partial charge in [0.05, 0.1) is 13.0 Å². The van der Waals surface area contributed by atoms with Crippen LogP contribution in [0.15, 0.2) is 36.7 Å². The Bertz CT molecular complexity index is 685. The molecule has 0 aliphatic carbocycles. The maximum Gasteiger partial charge on any atom is 0.229 e. The van der Waals surface area contributed by atoms with Gasteiger partial charge in [0.2, 0.25) is 5.91 Å². The Morgan fingerprint density at radius 3 is 3.08 bits per heavy atom. The van der Waals surface area contributed by atoms with E-state index < -0.39 is 0 Å². The van der Waals surface area contributed by atoms with Gasteiger partial charge < -0.3 is 14.4 Å². The Morgan fingerprint density at radius 2 is 2.33 bits per heavy atom. The lowest BCUT2D eigenvalue weighted by molar-refractivity contribution is -0.135. The number of benzene rings is 1. The second kappa shape index (κ2) is 7.38. The molecule has 0 radical (unpaired) electrons. The first-order valence-corrected chi connectivity index (χ1v) is 8.20. The quantitative estimate of drug-likeness (QED) is 0.813. The Balaban J connectivity index is 1.55. The topological polar surface area (TPSA) is 56.6 Å². The molecule has 0 saturated heterocycles. The monoisotopic (exact) mass is 329 g/mol. The van der Waals surface area contributed by atoms with Crippen LogP contribution in [0.25, 0.3) is 0 Å². The van der Waals surface area contributed by atoms with E-state index in [-0.39, 0.29) is 11.8 Å². The molecule has 3 rings (SSSR count).